The molecule has 0 atom stereocenters. The number of hydrogen-bond acceptors (Lipinski definition) is 3. The highest BCUT2D eigenvalue weighted by Crippen LogP contribution is 2.36. The number of aromatic nitrogens is 1. The van der Waals surface area contributed by atoms with E-state index < -0.39 is 0 Å². The summed E-state index contributed by atoms with van der Waals surface area (Å²) in [6.45, 7) is 2.09. The SMILES string of the molecule is Cc1ccccc1-c1c(C#N)c(N)nc2c1CCCCCC2. The number of pyridine rings is 1. The van der Waals surface area contributed by atoms with Crippen molar-refractivity contribution < 1.29 is 0 Å². The Bertz CT molecular complexity index is 741. The summed E-state index contributed by atoms with van der Waals surface area (Å²) in [7, 11) is 0. The number of fused-ring (bicyclic) bond motifs is 1. The average Bonchev–Trinajstić information content (AvgIpc) is 2.49. The number of rotatable bonds is 1. The lowest BCUT2D eigenvalue weighted by Crippen LogP contribution is -2.10. The molecule has 0 unspecified atom stereocenters. The predicted molar refractivity (Wildman–Crippen MR) is 89.4 cm³/mol. The Hall–Kier alpha value is -2.34. The van der Waals surface area contributed by atoms with Crippen molar-refractivity contribution in [3.8, 4) is 17.2 Å². The summed E-state index contributed by atoms with van der Waals surface area (Å²) in [5.74, 6) is 0.375. The van der Waals surface area contributed by atoms with Crippen LogP contribution in [0.2, 0.25) is 0 Å². The second-order valence-electron chi connectivity index (χ2n) is 6.01. The van der Waals surface area contributed by atoms with Gasteiger partial charge < -0.3 is 5.73 Å². The second kappa shape index (κ2) is 6.19. The number of hydrogen-bond donors (Lipinski definition) is 1. The number of benzene rings is 1. The van der Waals surface area contributed by atoms with E-state index in [2.05, 4.69) is 30.1 Å². The summed E-state index contributed by atoms with van der Waals surface area (Å²) in [6.07, 6.45) is 6.76. The Kier molecular flexibility index (Phi) is 4.11. The number of nitrogen functional groups attached to an aromatic ring is 1. The number of nitriles is 1. The molecule has 112 valence electrons. The molecule has 1 aromatic heterocycles. The van der Waals surface area contributed by atoms with Gasteiger partial charge in [-0.2, -0.15) is 5.26 Å². The Morgan fingerprint density at radius 2 is 1.82 bits per heavy atom. The van der Waals surface area contributed by atoms with Gasteiger partial charge in [-0.15, -0.1) is 0 Å². The Morgan fingerprint density at radius 3 is 2.55 bits per heavy atom. The zero-order valence-corrected chi connectivity index (χ0v) is 13.0. The standard InChI is InChI=1S/C19H21N3/c1-13-8-6-7-9-14(13)18-15-10-4-2-3-5-11-17(15)22-19(21)16(18)12-20/h6-9H,2-5,10-11H2,1H3,(H2,21,22). The van der Waals surface area contributed by atoms with Crippen LogP contribution in [0.4, 0.5) is 5.82 Å². The number of anilines is 1. The maximum absolute atomic E-state index is 9.61. The van der Waals surface area contributed by atoms with Crippen LogP contribution >= 0.6 is 0 Å². The molecule has 1 aromatic carbocycles. The Labute approximate surface area is 131 Å². The van der Waals surface area contributed by atoms with E-state index in [1.54, 1.807) is 0 Å². The van der Waals surface area contributed by atoms with Crippen LogP contribution in [0.15, 0.2) is 24.3 Å². The quantitative estimate of drug-likeness (QED) is 0.857. The molecule has 1 aliphatic carbocycles. The van der Waals surface area contributed by atoms with Gasteiger partial charge in [0.2, 0.25) is 0 Å². The average molecular weight is 291 g/mol. The zero-order chi connectivity index (χ0) is 15.5. The van der Waals surface area contributed by atoms with Gasteiger partial charge in [0.25, 0.3) is 0 Å². The van der Waals surface area contributed by atoms with Crippen molar-refractivity contribution in [1.82, 2.24) is 4.98 Å². The third kappa shape index (κ3) is 2.57. The van der Waals surface area contributed by atoms with Crippen molar-refractivity contribution in [1.29, 1.82) is 5.26 Å². The van der Waals surface area contributed by atoms with Crippen LogP contribution in [-0.4, -0.2) is 4.98 Å². The van der Waals surface area contributed by atoms with Gasteiger partial charge in [-0.25, -0.2) is 4.98 Å². The monoisotopic (exact) mass is 291 g/mol. The minimum atomic E-state index is 0.375. The molecule has 22 heavy (non-hydrogen) atoms. The summed E-state index contributed by atoms with van der Waals surface area (Å²) in [5, 5.41) is 9.61. The van der Waals surface area contributed by atoms with Crippen molar-refractivity contribution >= 4 is 5.82 Å². The van der Waals surface area contributed by atoms with Crippen LogP contribution < -0.4 is 5.73 Å². The minimum Gasteiger partial charge on any atom is -0.383 e. The van der Waals surface area contributed by atoms with Crippen molar-refractivity contribution in [3.05, 3.63) is 46.6 Å². The van der Waals surface area contributed by atoms with Gasteiger partial charge >= 0.3 is 0 Å². The third-order valence-corrected chi connectivity index (χ3v) is 4.53. The number of nitrogens with zero attached hydrogens (tertiary/aromatic N) is 2. The maximum Gasteiger partial charge on any atom is 0.142 e. The van der Waals surface area contributed by atoms with E-state index in [4.69, 9.17) is 5.73 Å². The summed E-state index contributed by atoms with van der Waals surface area (Å²) < 4.78 is 0. The molecular formula is C19H21N3. The van der Waals surface area contributed by atoms with E-state index in [1.165, 1.54) is 24.0 Å². The van der Waals surface area contributed by atoms with Crippen LogP contribution in [0.25, 0.3) is 11.1 Å². The molecule has 3 heteroatoms. The predicted octanol–water partition coefficient (Wildman–Crippen LogP) is 4.17. The van der Waals surface area contributed by atoms with Gasteiger partial charge in [-0.1, -0.05) is 37.1 Å². The van der Waals surface area contributed by atoms with Crippen molar-refractivity contribution in [3.63, 3.8) is 0 Å². The molecule has 0 aliphatic heterocycles. The molecule has 0 amide bonds. The number of aryl methyl sites for hydroxylation is 2. The normalized spacial score (nSPS) is 14.5. The van der Waals surface area contributed by atoms with E-state index in [9.17, 15) is 5.26 Å². The molecule has 0 radical (unpaired) electrons. The maximum atomic E-state index is 9.61. The van der Waals surface area contributed by atoms with Gasteiger partial charge in [-0.3, -0.25) is 0 Å². The van der Waals surface area contributed by atoms with Crippen LogP contribution in [0, 0.1) is 18.3 Å². The first-order valence-corrected chi connectivity index (χ1v) is 7.99. The molecule has 3 nitrogen and oxygen atoms in total. The van der Waals surface area contributed by atoms with E-state index in [1.807, 2.05) is 12.1 Å². The largest absolute Gasteiger partial charge is 0.383 e. The summed E-state index contributed by atoms with van der Waals surface area (Å²) in [4.78, 5) is 4.56. The smallest absolute Gasteiger partial charge is 0.142 e. The van der Waals surface area contributed by atoms with E-state index in [0.29, 0.717) is 11.4 Å². The van der Waals surface area contributed by atoms with Crippen LogP contribution in [-0.2, 0) is 12.8 Å². The number of nitrogens with two attached hydrogens (primary N) is 1. The summed E-state index contributed by atoms with van der Waals surface area (Å²) in [6, 6.07) is 10.5. The van der Waals surface area contributed by atoms with Gasteiger partial charge in [0, 0.05) is 11.3 Å². The van der Waals surface area contributed by atoms with Crippen molar-refractivity contribution in [2.24, 2.45) is 0 Å². The van der Waals surface area contributed by atoms with Crippen LogP contribution in [0.1, 0.15) is 48.1 Å². The Balaban J connectivity index is 2.31. The zero-order valence-electron chi connectivity index (χ0n) is 13.0. The molecule has 2 aromatic rings. The van der Waals surface area contributed by atoms with E-state index >= 15 is 0 Å². The van der Waals surface area contributed by atoms with Crippen molar-refractivity contribution in [2.75, 3.05) is 5.73 Å². The highest BCUT2D eigenvalue weighted by Gasteiger charge is 2.21. The first-order valence-electron chi connectivity index (χ1n) is 7.99. The molecule has 3 rings (SSSR count). The third-order valence-electron chi connectivity index (χ3n) is 4.53. The summed E-state index contributed by atoms with van der Waals surface area (Å²) in [5.41, 5.74) is 12.3. The molecule has 0 fully saturated rings. The second-order valence-corrected chi connectivity index (χ2v) is 6.01. The molecule has 0 bridgehead atoms. The summed E-state index contributed by atoms with van der Waals surface area (Å²) >= 11 is 0. The fraction of sp³-hybridized carbons (Fsp3) is 0.368. The van der Waals surface area contributed by atoms with Gasteiger partial charge in [0.15, 0.2) is 0 Å². The first-order chi connectivity index (χ1) is 10.7. The Morgan fingerprint density at radius 1 is 1.09 bits per heavy atom. The lowest BCUT2D eigenvalue weighted by molar-refractivity contribution is 0.610. The molecule has 0 saturated carbocycles. The molecule has 2 N–H and O–H groups in total. The van der Waals surface area contributed by atoms with E-state index in [0.717, 1.165) is 42.5 Å². The first kappa shape index (κ1) is 14.6. The molecule has 0 spiro atoms. The molecule has 1 heterocycles. The molecule has 1 aliphatic rings. The lowest BCUT2D eigenvalue weighted by Gasteiger charge is -2.20. The van der Waals surface area contributed by atoms with Crippen LogP contribution in [0.5, 0.6) is 0 Å². The minimum absolute atomic E-state index is 0.375. The van der Waals surface area contributed by atoms with Gasteiger partial charge in [0.1, 0.15) is 17.5 Å². The topological polar surface area (TPSA) is 62.7 Å². The van der Waals surface area contributed by atoms with E-state index in [-0.39, 0.29) is 0 Å². The lowest BCUT2D eigenvalue weighted by atomic mass is 9.86. The molecular weight excluding hydrogens is 270 g/mol. The highest BCUT2D eigenvalue weighted by atomic mass is 14.9. The fourth-order valence-corrected chi connectivity index (χ4v) is 3.38. The van der Waals surface area contributed by atoms with Gasteiger partial charge in [-0.05, 0) is 49.3 Å². The highest BCUT2D eigenvalue weighted by molar-refractivity contribution is 5.81. The van der Waals surface area contributed by atoms with Crippen LogP contribution in [0.3, 0.4) is 0 Å². The molecule has 0 saturated heterocycles. The van der Waals surface area contributed by atoms with Crippen molar-refractivity contribution in [2.45, 2.75) is 45.4 Å². The fourth-order valence-electron chi connectivity index (χ4n) is 3.38. The van der Waals surface area contributed by atoms with Gasteiger partial charge in [0.05, 0.1) is 0 Å².